The van der Waals surface area contributed by atoms with Gasteiger partial charge in [0, 0.05) is 17.2 Å². The van der Waals surface area contributed by atoms with E-state index in [0.717, 1.165) is 29.9 Å². The molecule has 0 saturated carbocycles. The SMILES string of the molecule is CS(=O)(=O)CC1=CS(=O)(=O)c2ccc(F)cc21. The van der Waals surface area contributed by atoms with Gasteiger partial charge in [0.1, 0.15) is 5.82 Å². The summed E-state index contributed by atoms with van der Waals surface area (Å²) in [6.07, 6.45) is 0.998. The maximum absolute atomic E-state index is 13.0. The quantitative estimate of drug-likeness (QED) is 0.756. The number of sulfone groups is 2. The lowest BCUT2D eigenvalue weighted by atomic mass is 10.1. The molecule has 0 radical (unpaired) electrons. The number of hydrogen-bond acceptors (Lipinski definition) is 4. The van der Waals surface area contributed by atoms with Gasteiger partial charge < -0.3 is 0 Å². The molecule has 0 saturated heterocycles. The van der Waals surface area contributed by atoms with Gasteiger partial charge in [-0.3, -0.25) is 0 Å². The van der Waals surface area contributed by atoms with Gasteiger partial charge in [0.05, 0.1) is 10.6 Å². The Labute approximate surface area is 98.6 Å². The van der Waals surface area contributed by atoms with E-state index in [1.807, 2.05) is 0 Å². The van der Waals surface area contributed by atoms with Crippen LogP contribution in [0.2, 0.25) is 0 Å². The summed E-state index contributed by atoms with van der Waals surface area (Å²) in [5, 5.41) is 0.887. The summed E-state index contributed by atoms with van der Waals surface area (Å²) >= 11 is 0. The standard InChI is InChI=1S/C10H9FO4S2/c1-16(12,13)5-7-6-17(14,15)10-3-2-8(11)4-9(7)10/h2-4,6H,5H2,1H3. The molecular formula is C10H9FO4S2. The van der Waals surface area contributed by atoms with E-state index in [2.05, 4.69) is 0 Å². The molecule has 1 aromatic rings. The lowest BCUT2D eigenvalue weighted by Crippen LogP contribution is -2.04. The van der Waals surface area contributed by atoms with E-state index in [4.69, 9.17) is 0 Å². The first-order valence-electron chi connectivity index (χ1n) is 4.62. The summed E-state index contributed by atoms with van der Waals surface area (Å²) in [5.41, 5.74) is 0.248. The van der Waals surface area contributed by atoms with Gasteiger partial charge in [0.15, 0.2) is 9.84 Å². The van der Waals surface area contributed by atoms with Crippen molar-refractivity contribution in [1.82, 2.24) is 0 Å². The number of rotatable bonds is 2. The Bertz CT molecular complexity index is 715. The molecule has 0 aromatic heterocycles. The zero-order valence-electron chi connectivity index (χ0n) is 8.84. The van der Waals surface area contributed by atoms with Crippen LogP contribution in [0.5, 0.6) is 0 Å². The smallest absolute Gasteiger partial charge is 0.200 e. The van der Waals surface area contributed by atoms with Crippen LogP contribution >= 0.6 is 0 Å². The summed E-state index contributed by atoms with van der Waals surface area (Å²) in [4.78, 5) is -0.0439. The fraction of sp³-hybridized carbons (Fsp3) is 0.200. The van der Waals surface area contributed by atoms with Crippen molar-refractivity contribution >= 4 is 25.2 Å². The summed E-state index contributed by atoms with van der Waals surface area (Å²) in [5.74, 6) is -1.01. The van der Waals surface area contributed by atoms with Gasteiger partial charge in [-0.15, -0.1) is 0 Å². The molecule has 1 heterocycles. The normalized spacial score (nSPS) is 17.6. The van der Waals surface area contributed by atoms with Gasteiger partial charge in [0.25, 0.3) is 0 Å². The van der Waals surface area contributed by atoms with Crippen LogP contribution in [0.25, 0.3) is 5.57 Å². The molecule has 2 rings (SSSR count). The molecule has 1 aliphatic rings. The Morgan fingerprint density at radius 3 is 2.53 bits per heavy atom. The minimum Gasteiger partial charge on any atom is -0.229 e. The maximum Gasteiger partial charge on any atom is 0.200 e. The van der Waals surface area contributed by atoms with E-state index in [-0.39, 0.29) is 16.0 Å². The summed E-state index contributed by atoms with van der Waals surface area (Å²) in [6.45, 7) is 0. The fourth-order valence-electron chi connectivity index (χ4n) is 1.71. The highest BCUT2D eigenvalue weighted by Gasteiger charge is 2.28. The van der Waals surface area contributed by atoms with Crippen LogP contribution in [0.1, 0.15) is 5.56 Å². The molecule has 0 bridgehead atoms. The van der Waals surface area contributed by atoms with Crippen molar-refractivity contribution in [2.75, 3.05) is 12.0 Å². The third-order valence-corrected chi connectivity index (χ3v) is 4.71. The number of halogens is 1. The average molecular weight is 276 g/mol. The molecule has 0 unspecified atom stereocenters. The van der Waals surface area contributed by atoms with Crippen molar-refractivity contribution in [3.8, 4) is 0 Å². The molecule has 0 fully saturated rings. The molecule has 0 amide bonds. The maximum atomic E-state index is 13.0. The second-order valence-electron chi connectivity index (χ2n) is 3.90. The zero-order chi connectivity index (χ0) is 12.8. The van der Waals surface area contributed by atoms with Gasteiger partial charge in [-0.05, 0) is 23.8 Å². The zero-order valence-corrected chi connectivity index (χ0v) is 10.5. The molecule has 0 spiro atoms. The van der Waals surface area contributed by atoms with E-state index in [1.54, 1.807) is 0 Å². The first kappa shape index (κ1) is 12.3. The van der Waals surface area contributed by atoms with Gasteiger partial charge in [-0.2, -0.15) is 0 Å². The van der Waals surface area contributed by atoms with Crippen LogP contribution in [-0.2, 0) is 19.7 Å². The van der Waals surface area contributed by atoms with Crippen LogP contribution in [0, 0.1) is 5.82 Å². The highest BCUT2D eigenvalue weighted by Crippen LogP contribution is 2.34. The largest absolute Gasteiger partial charge is 0.229 e. The molecule has 7 heteroatoms. The first-order valence-corrected chi connectivity index (χ1v) is 8.23. The van der Waals surface area contributed by atoms with Crippen LogP contribution in [0.3, 0.4) is 0 Å². The van der Waals surface area contributed by atoms with Crippen LogP contribution in [-0.4, -0.2) is 28.8 Å². The van der Waals surface area contributed by atoms with Crippen LogP contribution < -0.4 is 0 Å². The predicted octanol–water partition coefficient (Wildman–Crippen LogP) is 0.999. The van der Waals surface area contributed by atoms with Gasteiger partial charge in [-0.25, -0.2) is 21.2 Å². The summed E-state index contributed by atoms with van der Waals surface area (Å²) < 4.78 is 58.7. The van der Waals surface area contributed by atoms with Crippen molar-refractivity contribution in [2.24, 2.45) is 0 Å². The monoisotopic (exact) mass is 276 g/mol. The van der Waals surface area contributed by atoms with Crippen LogP contribution in [0.15, 0.2) is 28.5 Å². The number of hydrogen-bond donors (Lipinski definition) is 0. The molecule has 4 nitrogen and oxygen atoms in total. The summed E-state index contributed by atoms with van der Waals surface area (Å²) in [7, 11) is -7.01. The van der Waals surface area contributed by atoms with Gasteiger partial charge in [0.2, 0.25) is 9.84 Å². The highest BCUT2D eigenvalue weighted by atomic mass is 32.2. The predicted molar refractivity (Wildman–Crippen MR) is 61.3 cm³/mol. The van der Waals surface area contributed by atoms with E-state index in [0.29, 0.717) is 0 Å². The Morgan fingerprint density at radius 1 is 1.29 bits per heavy atom. The Morgan fingerprint density at radius 2 is 1.94 bits per heavy atom. The highest BCUT2D eigenvalue weighted by molar-refractivity contribution is 7.95. The topological polar surface area (TPSA) is 68.3 Å². The molecule has 0 atom stereocenters. The van der Waals surface area contributed by atoms with E-state index in [1.165, 1.54) is 0 Å². The molecule has 17 heavy (non-hydrogen) atoms. The third kappa shape index (κ3) is 2.39. The fourth-order valence-corrected chi connectivity index (χ4v) is 4.09. The van der Waals surface area contributed by atoms with E-state index >= 15 is 0 Å². The van der Waals surface area contributed by atoms with E-state index < -0.39 is 31.2 Å². The molecular weight excluding hydrogens is 267 g/mol. The summed E-state index contributed by atoms with van der Waals surface area (Å²) in [6, 6.07) is 3.22. The molecule has 0 N–H and O–H groups in total. The second-order valence-corrected chi connectivity index (χ2v) is 7.80. The first-order chi connectivity index (χ1) is 7.69. The van der Waals surface area contributed by atoms with Gasteiger partial charge in [-0.1, -0.05) is 0 Å². The molecule has 1 aromatic carbocycles. The molecule has 92 valence electrons. The lowest BCUT2D eigenvalue weighted by molar-refractivity contribution is 0.602. The van der Waals surface area contributed by atoms with Crippen molar-refractivity contribution < 1.29 is 21.2 Å². The molecule has 0 aliphatic carbocycles. The van der Waals surface area contributed by atoms with E-state index in [9.17, 15) is 21.2 Å². The minimum absolute atomic E-state index is 0.0439. The molecule has 1 aliphatic heterocycles. The van der Waals surface area contributed by atoms with Crippen LogP contribution in [0.4, 0.5) is 4.39 Å². The Kier molecular flexibility index (Phi) is 2.62. The third-order valence-electron chi connectivity index (χ3n) is 2.31. The Hall–Kier alpha value is -1.21. The van der Waals surface area contributed by atoms with Gasteiger partial charge >= 0.3 is 0 Å². The lowest BCUT2D eigenvalue weighted by Gasteiger charge is -2.03. The van der Waals surface area contributed by atoms with Crippen molar-refractivity contribution in [2.45, 2.75) is 4.90 Å². The number of benzene rings is 1. The van der Waals surface area contributed by atoms with Crippen molar-refractivity contribution in [1.29, 1.82) is 0 Å². The average Bonchev–Trinajstić information content (AvgIpc) is 2.35. The van der Waals surface area contributed by atoms with Crippen molar-refractivity contribution in [3.63, 3.8) is 0 Å². The Balaban J connectivity index is 2.64. The second kappa shape index (κ2) is 3.64. The minimum atomic E-state index is -3.64. The number of fused-ring (bicyclic) bond motifs is 1. The van der Waals surface area contributed by atoms with Crippen molar-refractivity contribution in [3.05, 3.63) is 35.0 Å².